The van der Waals surface area contributed by atoms with Crippen LogP contribution in [-0.4, -0.2) is 34.0 Å². The minimum atomic E-state index is -3.60. The summed E-state index contributed by atoms with van der Waals surface area (Å²) in [4.78, 5) is 14.9. The number of anilines is 2. The van der Waals surface area contributed by atoms with Crippen molar-refractivity contribution in [1.29, 1.82) is 0 Å². The molecule has 0 aliphatic heterocycles. The van der Waals surface area contributed by atoms with Crippen LogP contribution in [0.25, 0.3) is 0 Å². The van der Waals surface area contributed by atoms with Gasteiger partial charge in [-0.15, -0.1) is 0 Å². The Morgan fingerprint density at radius 2 is 1.75 bits per heavy atom. The molecule has 1 aliphatic rings. The number of carbonyl (C=O) groups excluding carboxylic acids is 1. The van der Waals surface area contributed by atoms with Crippen molar-refractivity contribution in [3.05, 3.63) is 54.1 Å². The Morgan fingerprint density at radius 1 is 1.07 bits per heavy atom. The molecule has 1 aliphatic carbocycles. The Labute approximate surface area is 167 Å². The summed E-state index contributed by atoms with van der Waals surface area (Å²) in [6, 6.07) is 13.7. The van der Waals surface area contributed by atoms with E-state index in [4.69, 9.17) is 0 Å². The fraction of sp³-hybridized carbons (Fsp3) is 0.381. The molecule has 6 nitrogen and oxygen atoms in total. The first-order valence-corrected chi connectivity index (χ1v) is 11.2. The number of hydrogen-bond acceptors (Lipinski definition) is 4. The van der Waals surface area contributed by atoms with Gasteiger partial charge in [-0.25, -0.2) is 13.1 Å². The summed E-state index contributed by atoms with van der Waals surface area (Å²) in [5.41, 5.74) is 2.07. The van der Waals surface area contributed by atoms with Gasteiger partial charge in [-0.2, -0.15) is 0 Å². The highest BCUT2D eigenvalue weighted by Crippen LogP contribution is 2.28. The summed E-state index contributed by atoms with van der Waals surface area (Å²) in [7, 11) is -3.60. The van der Waals surface area contributed by atoms with Crippen molar-refractivity contribution in [2.75, 3.05) is 29.9 Å². The van der Waals surface area contributed by atoms with Crippen molar-refractivity contribution >= 4 is 27.3 Å². The van der Waals surface area contributed by atoms with E-state index >= 15 is 0 Å². The molecule has 7 heteroatoms. The van der Waals surface area contributed by atoms with Gasteiger partial charge in [-0.3, -0.25) is 4.79 Å². The van der Waals surface area contributed by atoms with E-state index in [0.29, 0.717) is 23.7 Å². The van der Waals surface area contributed by atoms with Gasteiger partial charge in [0.1, 0.15) is 0 Å². The van der Waals surface area contributed by atoms with E-state index in [1.165, 1.54) is 12.1 Å². The number of hydrogen-bond donors (Lipinski definition) is 2. The summed E-state index contributed by atoms with van der Waals surface area (Å²) in [6.07, 6.45) is 2.13. The second-order valence-electron chi connectivity index (χ2n) is 7.00. The molecule has 2 N–H and O–H groups in total. The van der Waals surface area contributed by atoms with Crippen molar-refractivity contribution in [1.82, 2.24) is 4.72 Å². The second-order valence-corrected chi connectivity index (χ2v) is 8.76. The number of nitrogens with one attached hydrogen (secondary N) is 2. The molecule has 0 spiro atoms. The average Bonchev–Trinajstić information content (AvgIpc) is 3.53. The topological polar surface area (TPSA) is 78.5 Å². The monoisotopic (exact) mass is 401 g/mol. The van der Waals surface area contributed by atoms with Crippen LogP contribution in [0.15, 0.2) is 53.4 Å². The molecule has 0 atom stereocenters. The van der Waals surface area contributed by atoms with Crippen molar-refractivity contribution in [3.63, 3.8) is 0 Å². The fourth-order valence-electron chi connectivity index (χ4n) is 2.98. The van der Waals surface area contributed by atoms with E-state index in [2.05, 4.69) is 28.8 Å². The smallest absolute Gasteiger partial charge is 0.255 e. The molecule has 28 heavy (non-hydrogen) atoms. The average molecular weight is 402 g/mol. The Kier molecular flexibility index (Phi) is 6.36. The lowest BCUT2D eigenvalue weighted by molar-refractivity contribution is 0.102. The van der Waals surface area contributed by atoms with Gasteiger partial charge in [0, 0.05) is 36.6 Å². The summed E-state index contributed by atoms with van der Waals surface area (Å²) in [5, 5.41) is 2.83. The van der Waals surface area contributed by atoms with Gasteiger partial charge < -0.3 is 10.2 Å². The van der Waals surface area contributed by atoms with Crippen LogP contribution in [0.3, 0.4) is 0 Å². The molecule has 150 valence electrons. The quantitative estimate of drug-likeness (QED) is 0.674. The SMILES string of the molecule is CCN(CC)c1ccc(NC(=O)c2cccc(S(=O)(=O)NCC3CC3)c2)cc1. The number of nitrogens with zero attached hydrogens (tertiary/aromatic N) is 1. The molecule has 0 radical (unpaired) electrons. The second kappa shape index (κ2) is 8.75. The largest absolute Gasteiger partial charge is 0.372 e. The highest BCUT2D eigenvalue weighted by atomic mass is 32.2. The Balaban J connectivity index is 1.69. The first kappa shape index (κ1) is 20.4. The van der Waals surface area contributed by atoms with E-state index in [-0.39, 0.29) is 10.8 Å². The molecule has 3 rings (SSSR count). The minimum absolute atomic E-state index is 0.109. The maximum absolute atomic E-state index is 12.6. The first-order chi connectivity index (χ1) is 13.4. The highest BCUT2D eigenvalue weighted by molar-refractivity contribution is 7.89. The number of benzene rings is 2. The zero-order chi connectivity index (χ0) is 20.1. The van der Waals surface area contributed by atoms with E-state index in [0.717, 1.165) is 31.6 Å². The third kappa shape index (κ3) is 5.11. The molecule has 0 saturated heterocycles. The zero-order valence-corrected chi connectivity index (χ0v) is 17.1. The van der Waals surface area contributed by atoms with E-state index < -0.39 is 10.0 Å². The standard InChI is InChI=1S/C21H27N3O3S/c1-3-24(4-2)19-12-10-18(11-13-19)23-21(25)17-6-5-7-20(14-17)28(26,27)22-15-16-8-9-16/h5-7,10-14,16,22H,3-4,8-9,15H2,1-2H3,(H,23,25). The molecule has 0 heterocycles. The lowest BCUT2D eigenvalue weighted by Gasteiger charge is -2.21. The van der Waals surface area contributed by atoms with Crippen LogP contribution in [0.4, 0.5) is 11.4 Å². The van der Waals surface area contributed by atoms with Gasteiger partial charge in [0.2, 0.25) is 10.0 Å². The van der Waals surface area contributed by atoms with Crippen LogP contribution < -0.4 is 14.9 Å². The summed E-state index contributed by atoms with van der Waals surface area (Å²) in [5.74, 6) is 0.107. The maximum Gasteiger partial charge on any atom is 0.255 e. The number of carbonyl (C=O) groups is 1. The molecular formula is C21H27N3O3S. The van der Waals surface area contributed by atoms with Crippen LogP contribution in [0.2, 0.25) is 0 Å². The lowest BCUT2D eigenvalue weighted by Crippen LogP contribution is -2.26. The van der Waals surface area contributed by atoms with Gasteiger partial charge in [-0.05, 0) is 75.1 Å². The van der Waals surface area contributed by atoms with Crippen LogP contribution in [0.5, 0.6) is 0 Å². The summed E-state index contributed by atoms with van der Waals surface area (Å²) < 4.78 is 27.4. The van der Waals surface area contributed by atoms with Crippen molar-refractivity contribution < 1.29 is 13.2 Å². The molecule has 1 fully saturated rings. The Morgan fingerprint density at radius 3 is 2.36 bits per heavy atom. The first-order valence-electron chi connectivity index (χ1n) is 9.69. The maximum atomic E-state index is 12.6. The molecule has 0 unspecified atom stereocenters. The van der Waals surface area contributed by atoms with Gasteiger partial charge >= 0.3 is 0 Å². The molecule has 2 aromatic rings. The lowest BCUT2D eigenvalue weighted by atomic mass is 10.2. The highest BCUT2D eigenvalue weighted by Gasteiger charge is 2.24. The third-order valence-corrected chi connectivity index (χ3v) is 6.34. The van der Waals surface area contributed by atoms with E-state index in [1.807, 2.05) is 24.3 Å². The molecule has 1 saturated carbocycles. The Bertz CT molecular complexity index is 918. The van der Waals surface area contributed by atoms with Crippen molar-refractivity contribution in [2.24, 2.45) is 5.92 Å². The molecule has 1 amide bonds. The van der Waals surface area contributed by atoms with Gasteiger partial charge in [0.05, 0.1) is 4.90 Å². The zero-order valence-electron chi connectivity index (χ0n) is 16.3. The molecule has 2 aromatic carbocycles. The van der Waals surface area contributed by atoms with Gasteiger partial charge in [0.15, 0.2) is 0 Å². The number of sulfonamides is 1. The van der Waals surface area contributed by atoms with Crippen molar-refractivity contribution in [3.8, 4) is 0 Å². The third-order valence-electron chi connectivity index (χ3n) is 4.92. The number of rotatable bonds is 9. The van der Waals surface area contributed by atoms with Crippen LogP contribution in [0.1, 0.15) is 37.0 Å². The predicted molar refractivity (Wildman–Crippen MR) is 112 cm³/mol. The van der Waals surface area contributed by atoms with E-state index in [1.54, 1.807) is 12.1 Å². The molecule has 0 aromatic heterocycles. The fourth-order valence-corrected chi connectivity index (χ4v) is 4.15. The molecule has 0 bridgehead atoms. The minimum Gasteiger partial charge on any atom is -0.372 e. The predicted octanol–water partition coefficient (Wildman–Crippen LogP) is 3.47. The summed E-state index contributed by atoms with van der Waals surface area (Å²) in [6.45, 7) is 6.48. The van der Waals surface area contributed by atoms with Gasteiger partial charge in [0.25, 0.3) is 5.91 Å². The van der Waals surface area contributed by atoms with E-state index in [9.17, 15) is 13.2 Å². The van der Waals surface area contributed by atoms with Gasteiger partial charge in [-0.1, -0.05) is 6.07 Å². The normalized spacial score (nSPS) is 13.9. The van der Waals surface area contributed by atoms with Crippen LogP contribution >= 0.6 is 0 Å². The number of amides is 1. The van der Waals surface area contributed by atoms with Crippen molar-refractivity contribution in [2.45, 2.75) is 31.6 Å². The van der Waals surface area contributed by atoms with Crippen LogP contribution in [-0.2, 0) is 10.0 Å². The summed E-state index contributed by atoms with van der Waals surface area (Å²) >= 11 is 0. The molecular weight excluding hydrogens is 374 g/mol. The Hall–Kier alpha value is -2.38. The van der Waals surface area contributed by atoms with Crippen LogP contribution in [0, 0.1) is 5.92 Å².